The number of nitrogens with zero attached hydrogens (tertiary/aromatic N) is 2. The summed E-state index contributed by atoms with van der Waals surface area (Å²) >= 11 is 6.72. The number of carbonyl (C=O) groups excluding carboxylic acids is 1. The number of anilines is 1. The van der Waals surface area contributed by atoms with Gasteiger partial charge in [0.25, 0.3) is 5.91 Å². The number of thiocarbonyl (C=S) groups is 1. The lowest BCUT2D eigenvalue weighted by atomic mass is 10.1. The normalized spacial score (nSPS) is 15.0. The van der Waals surface area contributed by atoms with Crippen LogP contribution in [0.3, 0.4) is 0 Å². The van der Waals surface area contributed by atoms with Gasteiger partial charge < -0.3 is 9.67 Å². The Labute approximate surface area is 199 Å². The van der Waals surface area contributed by atoms with E-state index in [0.717, 1.165) is 23.0 Å². The third-order valence-electron chi connectivity index (χ3n) is 5.47. The SMILES string of the molecule is O=C(O)c1ccc(N2C(=O)/C(=C/c3cn(Cc4ccccc4)c4ccccc34)SC2=S)cc1. The van der Waals surface area contributed by atoms with Crippen molar-refractivity contribution >= 4 is 62.8 Å². The molecule has 0 spiro atoms. The van der Waals surface area contributed by atoms with Gasteiger partial charge in [0.05, 0.1) is 16.2 Å². The molecule has 1 aliphatic heterocycles. The number of carboxylic acid groups (broad SMARTS) is 1. The van der Waals surface area contributed by atoms with E-state index in [1.165, 1.54) is 34.4 Å². The summed E-state index contributed by atoms with van der Waals surface area (Å²) in [6, 6.07) is 24.5. The summed E-state index contributed by atoms with van der Waals surface area (Å²) in [5.74, 6) is -1.23. The van der Waals surface area contributed by atoms with Crippen LogP contribution in [0.1, 0.15) is 21.5 Å². The quantitative estimate of drug-likeness (QED) is 0.295. The molecule has 0 radical (unpaired) electrons. The number of aromatic nitrogens is 1. The largest absolute Gasteiger partial charge is 0.478 e. The van der Waals surface area contributed by atoms with Crippen molar-refractivity contribution in [1.82, 2.24) is 4.57 Å². The Morgan fingerprint density at radius 1 is 0.970 bits per heavy atom. The number of hydrogen-bond donors (Lipinski definition) is 1. The highest BCUT2D eigenvalue weighted by atomic mass is 32.2. The summed E-state index contributed by atoms with van der Waals surface area (Å²) in [5.41, 5.74) is 3.94. The van der Waals surface area contributed by atoms with Gasteiger partial charge in [0.15, 0.2) is 4.32 Å². The second kappa shape index (κ2) is 8.69. The average molecular weight is 471 g/mol. The van der Waals surface area contributed by atoms with Crippen LogP contribution in [-0.2, 0) is 11.3 Å². The highest BCUT2D eigenvalue weighted by Gasteiger charge is 2.33. The summed E-state index contributed by atoms with van der Waals surface area (Å²) < 4.78 is 2.60. The zero-order valence-corrected chi connectivity index (χ0v) is 19.0. The number of benzene rings is 3. The summed E-state index contributed by atoms with van der Waals surface area (Å²) in [6.45, 7) is 0.728. The van der Waals surface area contributed by atoms with Crippen molar-refractivity contribution < 1.29 is 14.7 Å². The van der Waals surface area contributed by atoms with Gasteiger partial charge in [-0.15, -0.1) is 0 Å². The Morgan fingerprint density at radius 2 is 1.67 bits per heavy atom. The molecule has 0 unspecified atom stereocenters. The van der Waals surface area contributed by atoms with Gasteiger partial charge in [-0.2, -0.15) is 0 Å². The standard InChI is InChI=1S/C26H18N2O3S2/c29-24-23(33-26(32)28(24)20-12-10-18(11-13-20)25(30)31)14-19-16-27(15-17-6-2-1-3-7-17)22-9-5-4-8-21(19)22/h1-14,16H,15H2,(H,30,31)/b23-14-. The van der Waals surface area contributed by atoms with Crippen LogP contribution in [0.5, 0.6) is 0 Å². The molecular formula is C26H18N2O3S2. The number of hydrogen-bond acceptors (Lipinski definition) is 4. The zero-order chi connectivity index (χ0) is 22.9. The van der Waals surface area contributed by atoms with Gasteiger partial charge in [-0.25, -0.2) is 4.79 Å². The smallest absolute Gasteiger partial charge is 0.335 e. The first-order valence-corrected chi connectivity index (χ1v) is 11.5. The lowest BCUT2D eigenvalue weighted by Crippen LogP contribution is -2.27. The third-order valence-corrected chi connectivity index (χ3v) is 6.77. The maximum Gasteiger partial charge on any atom is 0.335 e. The van der Waals surface area contributed by atoms with Crippen LogP contribution in [0.2, 0.25) is 0 Å². The van der Waals surface area contributed by atoms with E-state index < -0.39 is 5.97 Å². The van der Waals surface area contributed by atoms with E-state index >= 15 is 0 Å². The first-order valence-electron chi connectivity index (χ1n) is 10.2. The fourth-order valence-electron chi connectivity index (χ4n) is 3.89. The first-order chi connectivity index (χ1) is 16.0. The van der Waals surface area contributed by atoms with Crippen molar-refractivity contribution in [2.24, 2.45) is 0 Å². The van der Waals surface area contributed by atoms with Crippen molar-refractivity contribution in [3.8, 4) is 0 Å². The summed E-state index contributed by atoms with van der Waals surface area (Å²) in [5, 5.41) is 10.2. The molecule has 1 amide bonds. The number of carbonyl (C=O) groups is 2. The minimum absolute atomic E-state index is 0.158. The molecule has 5 nitrogen and oxygen atoms in total. The molecule has 33 heavy (non-hydrogen) atoms. The van der Waals surface area contributed by atoms with Crippen LogP contribution in [0.15, 0.2) is 90.0 Å². The fraction of sp³-hybridized carbons (Fsp3) is 0.0385. The second-order valence-corrected chi connectivity index (χ2v) is 9.26. The minimum atomic E-state index is -1.02. The summed E-state index contributed by atoms with van der Waals surface area (Å²) in [7, 11) is 0. The molecule has 7 heteroatoms. The Balaban J connectivity index is 1.49. The number of carboxylic acids is 1. The van der Waals surface area contributed by atoms with Crippen LogP contribution in [-0.4, -0.2) is 25.9 Å². The van der Waals surface area contributed by atoms with Gasteiger partial charge in [-0.3, -0.25) is 9.69 Å². The number of para-hydroxylation sites is 1. The van der Waals surface area contributed by atoms with Gasteiger partial charge in [-0.1, -0.05) is 72.5 Å². The van der Waals surface area contributed by atoms with Gasteiger partial charge in [-0.05, 0) is 42.0 Å². The van der Waals surface area contributed by atoms with Gasteiger partial charge in [0, 0.05) is 29.2 Å². The molecule has 1 saturated heterocycles. The molecule has 1 aliphatic rings. The number of amides is 1. The van der Waals surface area contributed by atoms with Crippen LogP contribution in [0.25, 0.3) is 17.0 Å². The highest BCUT2D eigenvalue weighted by molar-refractivity contribution is 8.27. The maximum atomic E-state index is 13.2. The number of fused-ring (bicyclic) bond motifs is 1. The molecule has 3 aromatic carbocycles. The van der Waals surface area contributed by atoms with E-state index in [2.05, 4.69) is 29.0 Å². The van der Waals surface area contributed by atoms with Crippen LogP contribution in [0, 0.1) is 0 Å². The molecule has 4 aromatic rings. The molecule has 0 aliphatic carbocycles. The van der Waals surface area contributed by atoms with Crippen molar-refractivity contribution in [3.05, 3.63) is 107 Å². The van der Waals surface area contributed by atoms with E-state index in [4.69, 9.17) is 17.3 Å². The molecule has 0 saturated carbocycles. The minimum Gasteiger partial charge on any atom is -0.478 e. The Hall–Kier alpha value is -3.68. The number of thioether (sulfide) groups is 1. The Kier molecular flexibility index (Phi) is 5.58. The predicted octanol–water partition coefficient (Wildman–Crippen LogP) is 5.79. The fourth-order valence-corrected chi connectivity index (χ4v) is 5.18. The van der Waals surface area contributed by atoms with E-state index in [0.29, 0.717) is 14.9 Å². The monoisotopic (exact) mass is 470 g/mol. The van der Waals surface area contributed by atoms with Crippen LogP contribution >= 0.6 is 24.0 Å². The lowest BCUT2D eigenvalue weighted by Gasteiger charge is -2.14. The second-order valence-electron chi connectivity index (χ2n) is 7.58. The van der Waals surface area contributed by atoms with Crippen LogP contribution < -0.4 is 4.90 Å². The Morgan fingerprint density at radius 3 is 2.39 bits per heavy atom. The number of aromatic carboxylic acids is 1. The molecular weight excluding hydrogens is 452 g/mol. The molecule has 1 fully saturated rings. The van der Waals surface area contributed by atoms with Crippen molar-refractivity contribution in [2.75, 3.05) is 4.90 Å². The highest BCUT2D eigenvalue weighted by Crippen LogP contribution is 2.37. The van der Waals surface area contributed by atoms with Crippen molar-refractivity contribution in [2.45, 2.75) is 6.54 Å². The van der Waals surface area contributed by atoms with Crippen molar-refractivity contribution in [1.29, 1.82) is 0 Å². The Bertz CT molecular complexity index is 1420. The van der Waals surface area contributed by atoms with Gasteiger partial charge >= 0.3 is 5.97 Å². The molecule has 5 rings (SSSR count). The van der Waals surface area contributed by atoms with Crippen LogP contribution in [0.4, 0.5) is 5.69 Å². The summed E-state index contributed by atoms with van der Waals surface area (Å²) in [4.78, 5) is 26.3. The molecule has 1 N–H and O–H groups in total. The van der Waals surface area contributed by atoms with Gasteiger partial charge in [0.1, 0.15) is 0 Å². The van der Waals surface area contributed by atoms with E-state index in [-0.39, 0.29) is 11.5 Å². The average Bonchev–Trinajstić information content (AvgIpc) is 3.31. The number of rotatable bonds is 5. The van der Waals surface area contributed by atoms with E-state index in [9.17, 15) is 9.59 Å². The summed E-state index contributed by atoms with van der Waals surface area (Å²) in [6.07, 6.45) is 3.95. The topological polar surface area (TPSA) is 62.5 Å². The van der Waals surface area contributed by atoms with Crippen molar-refractivity contribution in [3.63, 3.8) is 0 Å². The molecule has 0 bridgehead atoms. The van der Waals surface area contributed by atoms with E-state index in [1.807, 2.05) is 42.5 Å². The zero-order valence-electron chi connectivity index (χ0n) is 17.3. The molecule has 2 heterocycles. The lowest BCUT2D eigenvalue weighted by molar-refractivity contribution is -0.113. The van der Waals surface area contributed by atoms with Gasteiger partial charge in [0.2, 0.25) is 0 Å². The molecule has 1 aromatic heterocycles. The predicted molar refractivity (Wildman–Crippen MR) is 137 cm³/mol. The first kappa shape index (κ1) is 21.2. The third kappa shape index (κ3) is 4.08. The molecule has 0 atom stereocenters. The van der Waals surface area contributed by atoms with E-state index in [1.54, 1.807) is 12.1 Å². The molecule has 162 valence electrons. The maximum absolute atomic E-state index is 13.2.